The summed E-state index contributed by atoms with van der Waals surface area (Å²) in [7, 11) is 0. The van der Waals surface area contributed by atoms with Gasteiger partial charge in [0.25, 0.3) is 0 Å². The second-order valence-corrected chi connectivity index (χ2v) is 3.69. The first-order valence-electron chi connectivity index (χ1n) is 3.71. The second-order valence-electron chi connectivity index (χ2n) is 3.07. The fourth-order valence-electron chi connectivity index (χ4n) is 1.31. The van der Waals surface area contributed by atoms with Gasteiger partial charge in [0.1, 0.15) is 5.60 Å². The summed E-state index contributed by atoms with van der Waals surface area (Å²) in [5, 5.41) is 9.63. The number of amides is 1. The summed E-state index contributed by atoms with van der Waals surface area (Å²) in [6.45, 7) is 0. The van der Waals surface area contributed by atoms with Gasteiger partial charge in [0.15, 0.2) is 0 Å². The Labute approximate surface area is 70.5 Å². The molecule has 1 aliphatic carbocycles. The number of hydrogen-bond donors (Lipinski definition) is 2. The molecule has 0 aromatic heterocycles. The molecule has 3 N–H and O–H groups in total. The lowest BCUT2D eigenvalue weighted by Crippen LogP contribution is -2.46. The van der Waals surface area contributed by atoms with Crippen LogP contribution in [-0.2, 0) is 4.79 Å². The van der Waals surface area contributed by atoms with Crippen molar-refractivity contribution in [3.8, 4) is 0 Å². The summed E-state index contributed by atoms with van der Waals surface area (Å²) >= 11 is 5.79. The van der Waals surface area contributed by atoms with Crippen LogP contribution in [0.2, 0.25) is 0 Å². The van der Waals surface area contributed by atoms with Gasteiger partial charge in [-0.3, -0.25) is 4.79 Å². The van der Waals surface area contributed by atoms with Gasteiger partial charge in [-0.25, -0.2) is 0 Å². The zero-order valence-electron chi connectivity index (χ0n) is 6.22. The van der Waals surface area contributed by atoms with Crippen LogP contribution in [0.1, 0.15) is 25.7 Å². The largest absolute Gasteiger partial charge is 0.380 e. The molecule has 0 unspecified atom stereocenters. The van der Waals surface area contributed by atoms with Crippen LogP contribution in [0.25, 0.3) is 0 Å². The molecule has 0 atom stereocenters. The monoisotopic (exact) mass is 177 g/mol. The number of alkyl halides is 1. The van der Waals surface area contributed by atoms with E-state index in [4.69, 9.17) is 17.3 Å². The third-order valence-electron chi connectivity index (χ3n) is 2.20. The molecule has 1 amide bonds. The number of rotatable bonds is 1. The van der Waals surface area contributed by atoms with Crippen molar-refractivity contribution in [2.24, 2.45) is 5.73 Å². The molecule has 1 rings (SSSR count). The summed E-state index contributed by atoms with van der Waals surface area (Å²) in [6.07, 6.45) is 2.13. The quantitative estimate of drug-likeness (QED) is 0.569. The van der Waals surface area contributed by atoms with Crippen LogP contribution >= 0.6 is 11.6 Å². The van der Waals surface area contributed by atoms with Crippen LogP contribution in [0.5, 0.6) is 0 Å². The number of nitrogens with two attached hydrogens (primary N) is 1. The molecule has 0 spiro atoms. The van der Waals surface area contributed by atoms with E-state index in [1.54, 1.807) is 0 Å². The Bertz CT molecular complexity index is 164. The van der Waals surface area contributed by atoms with Crippen LogP contribution in [0.15, 0.2) is 0 Å². The average molecular weight is 178 g/mol. The molecule has 0 heterocycles. The molecular formula is C7H12ClNO2. The normalized spacial score (nSPS) is 38.5. The van der Waals surface area contributed by atoms with E-state index >= 15 is 0 Å². The van der Waals surface area contributed by atoms with Crippen LogP contribution in [0.4, 0.5) is 0 Å². The summed E-state index contributed by atoms with van der Waals surface area (Å²) in [5.41, 5.74) is 3.73. The number of primary amides is 1. The predicted octanol–water partition coefficient (Wildman–Crippen LogP) is 0.384. The zero-order valence-corrected chi connectivity index (χ0v) is 6.97. The first kappa shape index (κ1) is 8.81. The molecule has 0 radical (unpaired) electrons. The van der Waals surface area contributed by atoms with E-state index in [0.29, 0.717) is 25.7 Å². The first-order chi connectivity index (χ1) is 5.04. The van der Waals surface area contributed by atoms with E-state index in [0.717, 1.165) is 0 Å². The highest BCUT2D eigenvalue weighted by Gasteiger charge is 2.37. The minimum atomic E-state index is -1.29. The molecule has 0 aliphatic heterocycles. The topological polar surface area (TPSA) is 63.3 Å². The van der Waals surface area contributed by atoms with Gasteiger partial charge in [-0.2, -0.15) is 0 Å². The van der Waals surface area contributed by atoms with Crippen LogP contribution in [0.3, 0.4) is 0 Å². The molecule has 4 heteroatoms. The Hall–Kier alpha value is -0.280. The van der Waals surface area contributed by atoms with E-state index in [1.165, 1.54) is 0 Å². The highest BCUT2D eigenvalue weighted by Crippen LogP contribution is 2.30. The van der Waals surface area contributed by atoms with Crippen molar-refractivity contribution in [2.75, 3.05) is 0 Å². The SMILES string of the molecule is NC(=O)C1(O)CCC(Cl)CC1. The summed E-state index contributed by atoms with van der Waals surface area (Å²) < 4.78 is 0. The molecule has 11 heavy (non-hydrogen) atoms. The number of hydrogen-bond acceptors (Lipinski definition) is 2. The minimum Gasteiger partial charge on any atom is -0.380 e. The van der Waals surface area contributed by atoms with E-state index in [-0.39, 0.29) is 5.38 Å². The maximum atomic E-state index is 10.7. The van der Waals surface area contributed by atoms with E-state index in [1.807, 2.05) is 0 Å². The van der Waals surface area contributed by atoms with Crippen molar-refractivity contribution in [1.29, 1.82) is 0 Å². The van der Waals surface area contributed by atoms with Crippen LogP contribution in [0, 0.1) is 0 Å². The Balaban J connectivity index is 2.55. The Morgan fingerprint density at radius 1 is 1.55 bits per heavy atom. The van der Waals surface area contributed by atoms with E-state index in [9.17, 15) is 9.90 Å². The minimum absolute atomic E-state index is 0.0922. The van der Waals surface area contributed by atoms with Crippen molar-refractivity contribution in [1.82, 2.24) is 0 Å². The third-order valence-corrected chi connectivity index (χ3v) is 2.64. The second kappa shape index (κ2) is 2.99. The Morgan fingerprint density at radius 2 is 2.00 bits per heavy atom. The number of halogens is 1. The van der Waals surface area contributed by atoms with E-state index < -0.39 is 11.5 Å². The van der Waals surface area contributed by atoms with Crippen LogP contribution in [-0.4, -0.2) is 22.0 Å². The van der Waals surface area contributed by atoms with Gasteiger partial charge in [-0.05, 0) is 25.7 Å². The molecule has 0 aromatic rings. The lowest BCUT2D eigenvalue weighted by atomic mass is 9.84. The molecule has 0 saturated heterocycles. The molecular weight excluding hydrogens is 166 g/mol. The smallest absolute Gasteiger partial charge is 0.249 e. The molecule has 64 valence electrons. The summed E-state index contributed by atoms with van der Waals surface area (Å²) in [4.78, 5) is 10.7. The van der Waals surface area contributed by atoms with Gasteiger partial charge in [0, 0.05) is 5.38 Å². The summed E-state index contributed by atoms with van der Waals surface area (Å²) in [5.74, 6) is -0.624. The number of carbonyl (C=O) groups excluding carboxylic acids is 1. The Kier molecular flexibility index (Phi) is 2.40. The Morgan fingerprint density at radius 3 is 2.36 bits per heavy atom. The van der Waals surface area contributed by atoms with Crippen LogP contribution < -0.4 is 5.73 Å². The molecule has 0 bridgehead atoms. The lowest BCUT2D eigenvalue weighted by molar-refractivity contribution is -0.139. The van der Waals surface area contributed by atoms with Crippen molar-refractivity contribution >= 4 is 17.5 Å². The first-order valence-corrected chi connectivity index (χ1v) is 4.14. The highest BCUT2D eigenvalue weighted by atomic mass is 35.5. The van der Waals surface area contributed by atoms with Crippen molar-refractivity contribution in [3.63, 3.8) is 0 Å². The number of aliphatic hydroxyl groups is 1. The standard InChI is InChI=1S/C7H12ClNO2/c8-5-1-3-7(11,4-2-5)6(9)10/h5,11H,1-4H2,(H2,9,10). The lowest BCUT2D eigenvalue weighted by Gasteiger charge is -2.30. The van der Waals surface area contributed by atoms with Gasteiger partial charge in [-0.1, -0.05) is 0 Å². The van der Waals surface area contributed by atoms with Gasteiger partial charge < -0.3 is 10.8 Å². The zero-order chi connectivity index (χ0) is 8.48. The molecule has 0 aromatic carbocycles. The fraction of sp³-hybridized carbons (Fsp3) is 0.857. The molecule has 1 aliphatic rings. The van der Waals surface area contributed by atoms with Gasteiger partial charge >= 0.3 is 0 Å². The molecule has 1 saturated carbocycles. The van der Waals surface area contributed by atoms with Gasteiger partial charge in [-0.15, -0.1) is 11.6 Å². The van der Waals surface area contributed by atoms with Gasteiger partial charge in [0.2, 0.25) is 5.91 Å². The highest BCUT2D eigenvalue weighted by molar-refractivity contribution is 6.20. The molecule has 3 nitrogen and oxygen atoms in total. The maximum Gasteiger partial charge on any atom is 0.249 e. The van der Waals surface area contributed by atoms with E-state index in [2.05, 4.69) is 0 Å². The third kappa shape index (κ3) is 1.84. The van der Waals surface area contributed by atoms with Crippen molar-refractivity contribution < 1.29 is 9.90 Å². The predicted molar refractivity (Wildman–Crippen MR) is 42.3 cm³/mol. The maximum absolute atomic E-state index is 10.7. The van der Waals surface area contributed by atoms with Crippen molar-refractivity contribution in [3.05, 3.63) is 0 Å². The average Bonchev–Trinajstić information content (AvgIpc) is 1.95. The molecule has 1 fully saturated rings. The fourth-order valence-corrected chi connectivity index (χ4v) is 1.52. The van der Waals surface area contributed by atoms with Gasteiger partial charge in [0.05, 0.1) is 0 Å². The number of carbonyl (C=O) groups is 1. The van der Waals surface area contributed by atoms with Crippen molar-refractivity contribution in [2.45, 2.75) is 36.7 Å². The summed E-state index contributed by atoms with van der Waals surface area (Å²) in [6, 6.07) is 0.